The molecular weight excluding hydrogens is 266 g/mol. The van der Waals surface area contributed by atoms with Gasteiger partial charge in [0.1, 0.15) is 0 Å². The van der Waals surface area contributed by atoms with Crippen molar-refractivity contribution in [3.05, 3.63) is 22.4 Å². The van der Waals surface area contributed by atoms with Crippen LogP contribution in [0.2, 0.25) is 0 Å². The number of thiophene rings is 1. The molecule has 1 aromatic rings. The minimum atomic E-state index is -0.303. The molecule has 2 rings (SSSR count). The molecule has 1 fully saturated rings. The molecular formula is C16H25N3S. The van der Waals surface area contributed by atoms with E-state index in [1.54, 1.807) is 11.3 Å². The van der Waals surface area contributed by atoms with E-state index < -0.39 is 0 Å². The van der Waals surface area contributed by atoms with Crippen LogP contribution < -0.4 is 5.32 Å². The van der Waals surface area contributed by atoms with E-state index in [-0.39, 0.29) is 5.41 Å². The SMILES string of the molecule is CC(C)C(C#N)(CCCN1CCNCC1)c1cccs1. The van der Waals surface area contributed by atoms with Crippen molar-refractivity contribution in [3.63, 3.8) is 0 Å². The molecule has 0 aliphatic carbocycles. The molecule has 0 radical (unpaired) electrons. The number of hydrogen-bond acceptors (Lipinski definition) is 4. The van der Waals surface area contributed by atoms with Gasteiger partial charge in [0, 0.05) is 31.1 Å². The minimum absolute atomic E-state index is 0.303. The Balaban J connectivity index is 1.96. The summed E-state index contributed by atoms with van der Waals surface area (Å²) >= 11 is 1.72. The van der Waals surface area contributed by atoms with Crippen LogP contribution in [0.1, 0.15) is 31.6 Å². The molecule has 1 N–H and O–H groups in total. The number of piperazine rings is 1. The summed E-state index contributed by atoms with van der Waals surface area (Å²) in [4.78, 5) is 3.74. The molecule has 1 aliphatic heterocycles. The Labute approximate surface area is 126 Å². The summed E-state index contributed by atoms with van der Waals surface area (Å²) in [5.41, 5.74) is -0.303. The minimum Gasteiger partial charge on any atom is -0.314 e. The van der Waals surface area contributed by atoms with Gasteiger partial charge < -0.3 is 10.2 Å². The van der Waals surface area contributed by atoms with Gasteiger partial charge in [0.25, 0.3) is 0 Å². The smallest absolute Gasteiger partial charge is 0.0937 e. The monoisotopic (exact) mass is 291 g/mol. The Morgan fingerprint density at radius 3 is 2.75 bits per heavy atom. The van der Waals surface area contributed by atoms with Gasteiger partial charge in [-0.2, -0.15) is 5.26 Å². The maximum atomic E-state index is 9.79. The first-order valence-electron chi connectivity index (χ1n) is 7.57. The van der Waals surface area contributed by atoms with E-state index in [0.717, 1.165) is 45.6 Å². The van der Waals surface area contributed by atoms with E-state index in [9.17, 15) is 5.26 Å². The lowest BCUT2D eigenvalue weighted by Gasteiger charge is -2.32. The first kappa shape index (κ1) is 15.5. The maximum absolute atomic E-state index is 9.79. The van der Waals surface area contributed by atoms with Crippen LogP contribution in [0, 0.1) is 17.2 Å². The number of nitrogens with one attached hydrogen (secondary N) is 1. The van der Waals surface area contributed by atoms with Crippen molar-refractivity contribution < 1.29 is 0 Å². The molecule has 3 nitrogen and oxygen atoms in total. The molecule has 1 saturated heterocycles. The van der Waals surface area contributed by atoms with Gasteiger partial charge >= 0.3 is 0 Å². The molecule has 1 atom stereocenters. The van der Waals surface area contributed by atoms with Crippen LogP contribution >= 0.6 is 11.3 Å². The van der Waals surface area contributed by atoms with Gasteiger partial charge in [-0.1, -0.05) is 19.9 Å². The van der Waals surface area contributed by atoms with E-state index in [1.807, 2.05) is 0 Å². The van der Waals surface area contributed by atoms with E-state index in [0.29, 0.717) is 5.92 Å². The van der Waals surface area contributed by atoms with Gasteiger partial charge in [-0.05, 0) is 36.8 Å². The average molecular weight is 291 g/mol. The summed E-state index contributed by atoms with van der Waals surface area (Å²) in [7, 11) is 0. The highest BCUT2D eigenvalue weighted by Crippen LogP contribution is 2.39. The van der Waals surface area contributed by atoms with Crippen molar-refractivity contribution in [2.24, 2.45) is 5.92 Å². The van der Waals surface area contributed by atoms with Crippen LogP contribution in [-0.4, -0.2) is 37.6 Å². The van der Waals surface area contributed by atoms with Crippen LogP contribution in [0.15, 0.2) is 17.5 Å². The van der Waals surface area contributed by atoms with E-state index in [4.69, 9.17) is 0 Å². The standard InChI is InChI=1S/C16H25N3S/c1-14(2)16(13-17,15-5-3-12-20-15)6-4-9-19-10-7-18-8-11-19/h3,5,12,14,18H,4,6-11H2,1-2H3. The van der Waals surface area contributed by atoms with Gasteiger partial charge in [-0.15, -0.1) is 11.3 Å². The normalized spacial score (nSPS) is 19.7. The molecule has 0 aromatic carbocycles. The summed E-state index contributed by atoms with van der Waals surface area (Å²) in [6.07, 6.45) is 2.06. The Bertz CT molecular complexity index is 429. The Hall–Kier alpha value is -0.890. The van der Waals surface area contributed by atoms with Crippen LogP contribution in [0.5, 0.6) is 0 Å². The van der Waals surface area contributed by atoms with Crippen molar-refractivity contribution in [1.82, 2.24) is 10.2 Å². The lowest BCUT2D eigenvalue weighted by Crippen LogP contribution is -2.44. The van der Waals surface area contributed by atoms with Gasteiger partial charge in [0.2, 0.25) is 0 Å². The van der Waals surface area contributed by atoms with Crippen molar-refractivity contribution >= 4 is 11.3 Å². The Kier molecular flexibility index (Phi) is 5.59. The van der Waals surface area contributed by atoms with Gasteiger partial charge in [-0.3, -0.25) is 0 Å². The molecule has 2 heterocycles. The average Bonchev–Trinajstić information content (AvgIpc) is 2.99. The van der Waals surface area contributed by atoms with Crippen molar-refractivity contribution in [2.75, 3.05) is 32.7 Å². The summed E-state index contributed by atoms with van der Waals surface area (Å²) < 4.78 is 0. The first-order chi connectivity index (χ1) is 9.69. The van der Waals surface area contributed by atoms with Crippen LogP contribution in [-0.2, 0) is 5.41 Å². The lowest BCUT2D eigenvalue weighted by atomic mass is 9.73. The molecule has 0 amide bonds. The first-order valence-corrected chi connectivity index (χ1v) is 8.45. The molecule has 0 spiro atoms. The third-order valence-corrected chi connectivity index (χ3v) is 5.45. The van der Waals surface area contributed by atoms with E-state index in [1.165, 1.54) is 4.88 Å². The third kappa shape index (κ3) is 3.41. The van der Waals surface area contributed by atoms with Crippen molar-refractivity contribution in [2.45, 2.75) is 32.1 Å². The molecule has 1 aliphatic rings. The fourth-order valence-corrected chi connectivity index (χ4v) is 4.04. The Morgan fingerprint density at radius 1 is 1.45 bits per heavy atom. The summed E-state index contributed by atoms with van der Waals surface area (Å²) in [6, 6.07) is 6.82. The topological polar surface area (TPSA) is 39.1 Å². The summed E-state index contributed by atoms with van der Waals surface area (Å²) in [6.45, 7) is 9.93. The zero-order valence-corrected chi connectivity index (χ0v) is 13.4. The zero-order valence-electron chi connectivity index (χ0n) is 12.6. The molecule has 1 aromatic heterocycles. The zero-order chi connectivity index (χ0) is 14.4. The van der Waals surface area contributed by atoms with E-state index in [2.05, 4.69) is 47.6 Å². The van der Waals surface area contributed by atoms with Crippen molar-refractivity contribution in [1.29, 1.82) is 5.26 Å². The maximum Gasteiger partial charge on any atom is 0.0937 e. The third-order valence-electron chi connectivity index (χ3n) is 4.40. The predicted octanol–water partition coefficient (Wildman–Crippen LogP) is 2.85. The highest BCUT2D eigenvalue weighted by atomic mass is 32.1. The number of rotatable bonds is 6. The number of nitriles is 1. The quantitative estimate of drug-likeness (QED) is 0.876. The van der Waals surface area contributed by atoms with Crippen LogP contribution in [0.3, 0.4) is 0 Å². The molecule has 1 unspecified atom stereocenters. The predicted molar refractivity (Wildman–Crippen MR) is 85.0 cm³/mol. The van der Waals surface area contributed by atoms with Gasteiger partial charge in [0.15, 0.2) is 0 Å². The van der Waals surface area contributed by atoms with Crippen molar-refractivity contribution in [3.8, 4) is 6.07 Å². The van der Waals surface area contributed by atoms with E-state index >= 15 is 0 Å². The van der Waals surface area contributed by atoms with Gasteiger partial charge in [0.05, 0.1) is 11.5 Å². The second-order valence-electron chi connectivity index (χ2n) is 5.91. The highest BCUT2D eigenvalue weighted by molar-refractivity contribution is 7.10. The molecule has 0 saturated carbocycles. The summed E-state index contributed by atoms with van der Waals surface area (Å²) in [5.74, 6) is 0.356. The Morgan fingerprint density at radius 2 is 2.20 bits per heavy atom. The summed E-state index contributed by atoms with van der Waals surface area (Å²) in [5, 5.41) is 15.3. The fourth-order valence-electron chi connectivity index (χ4n) is 2.99. The second-order valence-corrected chi connectivity index (χ2v) is 6.86. The van der Waals surface area contributed by atoms with Crippen LogP contribution in [0.4, 0.5) is 0 Å². The molecule has 20 heavy (non-hydrogen) atoms. The highest BCUT2D eigenvalue weighted by Gasteiger charge is 2.36. The molecule has 4 heteroatoms. The molecule has 0 bridgehead atoms. The lowest BCUT2D eigenvalue weighted by molar-refractivity contribution is 0.226. The van der Waals surface area contributed by atoms with Gasteiger partial charge in [-0.25, -0.2) is 0 Å². The number of nitrogens with zero attached hydrogens (tertiary/aromatic N) is 2. The van der Waals surface area contributed by atoms with Crippen LogP contribution in [0.25, 0.3) is 0 Å². The number of hydrogen-bond donors (Lipinski definition) is 1. The molecule has 110 valence electrons. The fraction of sp³-hybridized carbons (Fsp3) is 0.688. The second kappa shape index (κ2) is 7.21. The largest absolute Gasteiger partial charge is 0.314 e.